The van der Waals surface area contributed by atoms with Gasteiger partial charge in [-0.3, -0.25) is 9.59 Å². The molecular weight excluding hydrogens is 396 g/mol. The minimum absolute atomic E-state index is 0.154. The smallest absolute Gasteiger partial charge is 0.350 e. The molecule has 3 heterocycles. The summed E-state index contributed by atoms with van der Waals surface area (Å²) in [5.74, 6) is -0.526. The molecule has 2 aromatic rings. The molecule has 1 fully saturated rings. The minimum Gasteiger partial charge on any atom is -0.465 e. The number of esters is 1. The van der Waals surface area contributed by atoms with Crippen LogP contribution in [0.25, 0.3) is 0 Å². The number of amides is 2. The summed E-state index contributed by atoms with van der Waals surface area (Å²) in [4.78, 5) is 37.7. The van der Waals surface area contributed by atoms with E-state index in [0.717, 1.165) is 37.1 Å². The van der Waals surface area contributed by atoms with Gasteiger partial charge in [0.05, 0.1) is 25.9 Å². The molecule has 0 unspecified atom stereocenters. The second-order valence-corrected chi connectivity index (χ2v) is 8.25. The molecule has 0 saturated carbocycles. The van der Waals surface area contributed by atoms with Crippen molar-refractivity contribution in [2.45, 2.75) is 26.7 Å². The Balaban J connectivity index is 1.68. The van der Waals surface area contributed by atoms with Crippen LogP contribution in [0.2, 0.25) is 0 Å². The number of quaternary nitrogens is 1. The van der Waals surface area contributed by atoms with Gasteiger partial charge in [-0.15, -0.1) is 11.3 Å². The minimum atomic E-state index is -0.481. The van der Waals surface area contributed by atoms with E-state index in [2.05, 4.69) is 15.8 Å². The van der Waals surface area contributed by atoms with Crippen molar-refractivity contribution in [1.29, 1.82) is 0 Å². The Hall–Kier alpha value is -2.72. The molecule has 2 N–H and O–H groups in total. The highest BCUT2D eigenvalue weighted by atomic mass is 32.1. The van der Waals surface area contributed by atoms with Crippen molar-refractivity contribution in [2.24, 2.45) is 0 Å². The van der Waals surface area contributed by atoms with Crippen LogP contribution in [0.1, 0.15) is 33.6 Å². The summed E-state index contributed by atoms with van der Waals surface area (Å²) in [6, 6.07) is 0. The van der Waals surface area contributed by atoms with Gasteiger partial charge in [0, 0.05) is 18.4 Å². The maximum Gasteiger partial charge on any atom is 0.350 e. The number of hydrogen-bond acceptors (Lipinski definition) is 7. The Kier molecular flexibility index (Phi) is 6.33. The third kappa shape index (κ3) is 4.83. The number of aromatic nitrogens is 1. The van der Waals surface area contributed by atoms with Crippen LogP contribution in [-0.4, -0.2) is 60.7 Å². The maximum atomic E-state index is 12.8. The van der Waals surface area contributed by atoms with Gasteiger partial charge in [0.15, 0.2) is 18.9 Å². The molecule has 0 aliphatic carbocycles. The summed E-state index contributed by atoms with van der Waals surface area (Å²) in [7, 11) is 1.31. The summed E-state index contributed by atoms with van der Waals surface area (Å²) in [6.45, 7) is 5.43. The van der Waals surface area contributed by atoms with Gasteiger partial charge in [0.2, 0.25) is 0 Å². The SMILES string of the molecule is COC(=O)c1scc(C)c1NC(=O)C[N+]1(CC(=O)Nc2nocc2C)CCCC1. The third-order valence-corrected chi connectivity index (χ3v) is 6.17. The van der Waals surface area contributed by atoms with Crippen LogP contribution in [0, 0.1) is 13.8 Å². The summed E-state index contributed by atoms with van der Waals surface area (Å²) >= 11 is 1.23. The number of hydrogen-bond donors (Lipinski definition) is 2. The Morgan fingerprint density at radius 1 is 1.14 bits per heavy atom. The van der Waals surface area contributed by atoms with E-state index in [-0.39, 0.29) is 24.9 Å². The van der Waals surface area contributed by atoms with Crippen LogP contribution in [0.15, 0.2) is 16.2 Å². The number of thiophene rings is 1. The molecule has 0 aromatic carbocycles. The molecule has 10 heteroatoms. The molecule has 2 amide bonds. The topological polar surface area (TPSA) is 111 Å². The van der Waals surface area contributed by atoms with Crippen LogP contribution >= 0.6 is 11.3 Å². The van der Waals surface area contributed by atoms with E-state index in [0.29, 0.717) is 20.9 Å². The molecule has 1 saturated heterocycles. The fraction of sp³-hybridized carbons (Fsp3) is 0.474. The number of likely N-dealkylation sites (tertiary alicyclic amines) is 1. The highest BCUT2D eigenvalue weighted by Crippen LogP contribution is 2.29. The van der Waals surface area contributed by atoms with Gasteiger partial charge in [-0.25, -0.2) is 4.79 Å². The van der Waals surface area contributed by atoms with Crippen molar-refractivity contribution < 1.29 is 28.1 Å². The maximum absolute atomic E-state index is 12.8. The zero-order valence-corrected chi connectivity index (χ0v) is 17.6. The fourth-order valence-electron chi connectivity index (χ4n) is 3.59. The molecule has 29 heavy (non-hydrogen) atoms. The molecule has 3 rings (SSSR count). The Morgan fingerprint density at radius 2 is 1.79 bits per heavy atom. The fourth-order valence-corrected chi connectivity index (χ4v) is 4.51. The third-order valence-electron chi connectivity index (χ3n) is 5.09. The van der Waals surface area contributed by atoms with Crippen molar-refractivity contribution in [3.8, 4) is 0 Å². The number of rotatable bonds is 7. The van der Waals surface area contributed by atoms with Gasteiger partial charge in [-0.05, 0) is 24.8 Å². The van der Waals surface area contributed by atoms with Gasteiger partial charge in [-0.2, -0.15) is 0 Å². The number of nitrogens with one attached hydrogen (secondary N) is 2. The largest absolute Gasteiger partial charge is 0.465 e. The zero-order valence-electron chi connectivity index (χ0n) is 16.7. The summed E-state index contributed by atoms with van der Waals surface area (Å²) in [5, 5.41) is 11.2. The monoisotopic (exact) mass is 421 g/mol. The molecular formula is C19H25N4O5S+. The number of methoxy groups -OCH3 is 1. The summed E-state index contributed by atoms with van der Waals surface area (Å²) in [6.07, 6.45) is 3.37. The van der Waals surface area contributed by atoms with Crippen LogP contribution in [0.3, 0.4) is 0 Å². The molecule has 0 spiro atoms. The second kappa shape index (κ2) is 8.75. The van der Waals surface area contributed by atoms with Crippen LogP contribution < -0.4 is 10.6 Å². The average molecular weight is 421 g/mol. The van der Waals surface area contributed by atoms with Gasteiger partial charge in [0.25, 0.3) is 11.8 Å². The van der Waals surface area contributed by atoms with Crippen LogP contribution in [-0.2, 0) is 14.3 Å². The first-order valence-corrected chi connectivity index (χ1v) is 10.2. The van der Waals surface area contributed by atoms with Crippen molar-refractivity contribution in [2.75, 3.05) is 43.9 Å². The van der Waals surface area contributed by atoms with E-state index in [9.17, 15) is 14.4 Å². The van der Waals surface area contributed by atoms with Crippen molar-refractivity contribution in [1.82, 2.24) is 5.16 Å². The zero-order chi connectivity index (χ0) is 21.0. The number of ether oxygens (including phenoxy) is 1. The Bertz CT molecular complexity index is 914. The van der Waals surface area contributed by atoms with E-state index in [1.807, 2.05) is 6.92 Å². The highest BCUT2D eigenvalue weighted by Gasteiger charge is 2.37. The molecule has 2 aromatic heterocycles. The molecule has 1 aliphatic rings. The number of aryl methyl sites for hydroxylation is 2. The quantitative estimate of drug-likeness (QED) is 0.524. The lowest BCUT2D eigenvalue weighted by Crippen LogP contribution is -2.54. The van der Waals surface area contributed by atoms with E-state index >= 15 is 0 Å². The van der Waals surface area contributed by atoms with Crippen molar-refractivity contribution in [3.05, 3.63) is 27.6 Å². The number of carbonyl (C=O) groups excluding carboxylic acids is 3. The highest BCUT2D eigenvalue weighted by molar-refractivity contribution is 7.12. The molecule has 156 valence electrons. The molecule has 0 atom stereocenters. The first-order valence-electron chi connectivity index (χ1n) is 9.36. The average Bonchev–Trinajstić information content (AvgIpc) is 3.38. The first-order chi connectivity index (χ1) is 13.8. The van der Waals surface area contributed by atoms with E-state index in [1.54, 1.807) is 12.3 Å². The van der Waals surface area contributed by atoms with Crippen LogP contribution in [0.5, 0.6) is 0 Å². The van der Waals surface area contributed by atoms with E-state index < -0.39 is 5.97 Å². The standard InChI is InChI=1S/C19H24N4O5S/c1-12-10-28-22-18(12)21-15(25)9-23(6-4-5-7-23)8-14(24)20-16-13(2)11-29-17(16)19(26)27-3/h10-11H,4-9H2,1-3H3,(H-,20,21,22,24,25,26)/p+1. The summed E-state index contributed by atoms with van der Waals surface area (Å²) < 4.78 is 10.00. The Morgan fingerprint density at radius 3 is 2.38 bits per heavy atom. The molecule has 0 bridgehead atoms. The van der Waals surface area contributed by atoms with Gasteiger partial charge >= 0.3 is 5.97 Å². The van der Waals surface area contributed by atoms with Gasteiger partial charge in [-0.1, -0.05) is 5.16 Å². The predicted octanol–water partition coefficient (Wildman–Crippen LogP) is 2.33. The summed E-state index contributed by atoms with van der Waals surface area (Å²) in [5.41, 5.74) is 2.02. The van der Waals surface area contributed by atoms with Crippen LogP contribution in [0.4, 0.5) is 11.5 Å². The Labute approximate surface area is 172 Å². The van der Waals surface area contributed by atoms with E-state index in [4.69, 9.17) is 9.26 Å². The normalized spacial score (nSPS) is 15.1. The lowest BCUT2D eigenvalue weighted by molar-refractivity contribution is -0.901. The lowest BCUT2D eigenvalue weighted by atomic mass is 10.2. The molecule has 0 radical (unpaired) electrons. The van der Waals surface area contributed by atoms with Gasteiger partial charge in [0.1, 0.15) is 11.1 Å². The molecule has 1 aliphatic heterocycles. The number of carbonyl (C=O) groups is 3. The molecule has 9 nitrogen and oxygen atoms in total. The van der Waals surface area contributed by atoms with Crippen molar-refractivity contribution >= 4 is 40.6 Å². The van der Waals surface area contributed by atoms with Gasteiger partial charge < -0.3 is 24.4 Å². The van der Waals surface area contributed by atoms with E-state index in [1.165, 1.54) is 24.7 Å². The number of nitrogens with zero attached hydrogens (tertiary/aromatic N) is 2. The second-order valence-electron chi connectivity index (χ2n) is 7.37. The van der Waals surface area contributed by atoms with Crippen molar-refractivity contribution in [3.63, 3.8) is 0 Å². The predicted molar refractivity (Wildman–Crippen MR) is 108 cm³/mol. The lowest BCUT2D eigenvalue weighted by Gasteiger charge is -2.32. The number of anilines is 2. The first kappa shape index (κ1) is 21.0.